The van der Waals surface area contributed by atoms with Crippen LogP contribution >= 0.6 is 11.3 Å². The van der Waals surface area contributed by atoms with E-state index in [-0.39, 0.29) is 10.8 Å². The molecule has 30 heavy (non-hydrogen) atoms. The zero-order valence-corrected chi connectivity index (χ0v) is 17.4. The fourth-order valence-electron chi connectivity index (χ4n) is 2.69. The maximum Gasteiger partial charge on any atom is 0.238 e. The molecule has 0 aliphatic rings. The third-order valence-corrected chi connectivity index (χ3v) is 5.76. The first-order valence-corrected chi connectivity index (χ1v) is 11.2. The Morgan fingerprint density at radius 2 is 1.83 bits per heavy atom. The van der Waals surface area contributed by atoms with E-state index in [0.717, 1.165) is 16.3 Å². The summed E-state index contributed by atoms with van der Waals surface area (Å²) >= 11 is 1.42. The lowest BCUT2D eigenvalue weighted by Gasteiger charge is -2.08. The van der Waals surface area contributed by atoms with Gasteiger partial charge < -0.3 is 10.1 Å². The van der Waals surface area contributed by atoms with Crippen molar-refractivity contribution in [2.24, 2.45) is 5.14 Å². The number of thiazole rings is 1. The second-order valence-electron chi connectivity index (χ2n) is 6.25. The van der Waals surface area contributed by atoms with Crippen molar-refractivity contribution in [3.63, 3.8) is 0 Å². The van der Waals surface area contributed by atoms with Gasteiger partial charge >= 0.3 is 0 Å². The second-order valence-corrected chi connectivity index (χ2v) is 8.98. The number of nitrogens with one attached hydrogen (secondary N) is 1. The number of nitrogens with two attached hydrogens (primary N) is 1. The van der Waals surface area contributed by atoms with E-state index in [2.05, 4.69) is 20.3 Å². The fraction of sp³-hybridized carbons (Fsp3) is 0.0500. The van der Waals surface area contributed by atoms with Crippen LogP contribution in [0.3, 0.4) is 0 Å². The lowest BCUT2D eigenvalue weighted by molar-refractivity contribution is 0.476. The predicted octanol–water partition coefficient (Wildman–Crippen LogP) is 4.09. The molecular weight excluding hydrogens is 422 g/mol. The molecule has 2 aromatic heterocycles. The Balaban J connectivity index is 1.59. The lowest BCUT2D eigenvalue weighted by atomic mass is 10.2. The first kappa shape index (κ1) is 20.0. The van der Waals surface area contributed by atoms with E-state index in [1.807, 2.05) is 37.3 Å². The first-order chi connectivity index (χ1) is 14.4. The average Bonchev–Trinajstić information content (AvgIpc) is 3.08. The molecule has 3 N–H and O–H groups in total. The molecule has 0 fully saturated rings. The highest BCUT2D eigenvalue weighted by molar-refractivity contribution is 7.89. The zero-order chi connectivity index (χ0) is 21.1. The Hall–Kier alpha value is -3.34. The number of aryl methyl sites for hydroxylation is 1. The maximum atomic E-state index is 11.5. The number of hydrogen-bond donors (Lipinski definition) is 2. The Morgan fingerprint density at radius 1 is 1.03 bits per heavy atom. The van der Waals surface area contributed by atoms with Crippen LogP contribution in [0.5, 0.6) is 10.9 Å². The summed E-state index contributed by atoms with van der Waals surface area (Å²) in [6.45, 7) is 1.91. The number of rotatable bonds is 6. The highest BCUT2D eigenvalue weighted by Gasteiger charge is 2.15. The Bertz CT molecular complexity index is 1290. The van der Waals surface area contributed by atoms with Crippen LogP contribution in [0, 0.1) is 6.92 Å². The number of ether oxygens (including phenoxy) is 1. The van der Waals surface area contributed by atoms with Crippen LogP contribution in [0.4, 0.5) is 11.6 Å². The number of nitrogens with zero attached hydrogens (tertiary/aromatic N) is 3. The van der Waals surface area contributed by atoms with E-state index >= 15 is 0 Å². The monoisotopic (exact) mass is 439 g/mol. The summed E-state index contributed by atoms with van der Waals surface area (Å²) < 4.78 is 29.1. The lowest BCUT2D eigenvalue weighted by Crippen LogP contribution is -2.12. The topological polar surface area (TPSA) is 120 Å². The van der Waals surface area contributed by atoms with Gasteiger partial charge in [0.15, 0.2) is 0 Å². The van der Waals surface area contributed by atoms with Crippen molar-refractivity contribution in [2.45, 2.75) is 11.8 Å². The van der Waals surface area contributed by atoms with Gasteiger partial charge in [-0.1, -0.05) is 47.7 Å². The van der Waals surface area contributed by atoms with Crippen LogP contribution in [-0.4, -0.2) is 23.4 Å². The third-order valence-electron chi connectivity index (χ3n) is 4.00. The summed E-state index contributed by atoms with van der Waals surface area (Å²) in [4.78, 5) is 13.1. The van der Waals surface area contributed by atoms with Gasteiger partial charge in [0.05, 0.1) is 9.90 Å². The van der Waals surface area contributed by atoms with Crippen molar-refractivity contribution < 1.29 is 13.2 Å². The summed E-state index contributed by atoms with van der Waals surface area (Å²) in [5, 5.41) is 9.64. The van der Waals surface area contributed by atoms with Gasteiger partial charge in [-0.15, -0.1) is 0 Å². The molecular formula is C20H17N5O3S2. The number of primary sulfonamides is 1. The molecule has 0 unspecified atom stereocenters. The standard InChI is InChI=1S/C20H17N5O3S2/c1-13-23-18(14-6-3-2-4-7-14)19(29-13)28-17-10-11-22-20(25-17)24-15-8-5-9-16(12-15)30(21,26)27/h2-12H,1H3,(H2,21,26,27)(H,22,24,25). The zero-order valence-electron chi connectivity index (χ0n) is 15.8. The Labute approximate surface area is 177 Å². The van der Waals surface area contributed by atoms with Crippen molar-refractivity contribution in [2.75, 3.05) is 5.32 Å². The molecule has 0 saturated heterocycles. The van der Waals surface area contributed by atoms with Gasteiger partial charge in [-0.05, 0) is 25.1 Å². The van der Waals surface area contributed by atoms with E-state index < -0.39 is 10.0 Å². The molecule has 0 spiro atoms. The minimum Gasteiger partial charge on any atom is -0.426 e. The molecule has 0 aliphatic heterocycles. The smallest absolute Gasteiger partial charge is 0.238 e. The van der Waals surface area contributed by atoms with E-state index in [0.29, 0.717) is 16.6 Å². The van der Waals surface area contributed by atoms with Crippen LogP contribution in [0.2, 0.25) is 0 Å². The highest BCUT2D eigenvalue weighted by Crippen LogP contribution is 2.37. The van der Waals surface area contributed by atoms with E-state index in [4.69, 9.17) is 9.88 Å². The molecule has 4 aromatic rings. The molecule has 0 saturated carbocycles. The Kier molecular flexibility index (Phi) is 5.44. The van der Waals surface area contributed by atoms with Gasteiger partial charge in [0.1, 0.15) is 5.69 Å². The van der Waals surface area contributed by atoms with Crippen LogP contribution < -0.4 is 15.2 Å². The molecule has 8 nitrogen and oxygen atoms in total. The quantitative estimate of drug-likeness (QED) is 0.464. The van der Waals surface area contributed by atoms with Gasteiger partial charge in [-0.25, -0.2) is 23.5 Å². The highest BCUT2D eigenvalue weighted by atomic mass is 32.2. The molecule has 0 radical (unpaired) electrons. The fourth-order valence-corrected chi connectivity index (χ4v) is 4.04. The van der Waals surface area contributed by atoms with Gasteiger partial charge in [0.25, 0.3) is 0 Å². The summed E-state index contributed by atoms with van der Waals surface area (Å²) in [7, 11) is -3.81. The number of hydrogen-bond acceptors (Lipinski definition) is 8. The van der Waals surface area contributed by atoms with Crippen molar-refractivity contribution in [1.29, 1.82) is 0 Å². The van der Waals surface area contributed by atoms with Crippen LogP contribution in [0.1, 0.15) is 5.01 Å². The van der Waals surface area contributed by atoms with Crippen LogP contribution in [-0.2, 0) is 10.0 Å². The molecule has 4 rings (SSSR count). The number of anilines is 2. The van der Waals surface area contributed by atoms with Gasteiger partial charge in [0.2, 0.25) is 26.9 Å². The molecule has 0 aliphatic carbocycles. The normalized spacial score (nSPS) is 11.3. The molecule has 0 amide bonds. The van der Waals surface area contributed by atoms with E-state index in [9.17, 15) is 8.42 Å². The van der Waals surface area contributed by atoms with E-state index in [1.54, 1.807) is 24.4 Å². The second kappa shape index (κ2) is 8.19. The Morgan fingerprint density at radius 3 is 2.60 bits per heavy atom. The minimum atomic E-state index is -3.81. The van der Waals surface area contributed by atoms with Crippen LogP contribution in [0.25, 0.3) is 11.3 Å². The number of sulfonamides is 1. The maximum absolute atomic E-state index is 11.5. The summed E-state index contributed by atoms with van der Waals surface area (Å²) in [6, 6.07) is 17.5. The summed E-state index contributed by atoms with van der Waals surface area (Å²) in [5.74, 6) is 0.581. The summed E-state index contributed by atoms with van der Waals surface area (Å²) in [6.07, 6.45) is 1.55. The SMILES string of the molecule is Cc1nc(-c2ccccc2)c(Oc2ccnc(Nc3cccc(S(N)(=O)=O)c3)n2)s1. The molecule has 2 aromatic carbocycles. The molecule has 2 heterocycles. The largest absolute Gasteiger partial charge is 0.426 e. The summed E-state index contributed by atoms with van der Waals surface area (Å²) in [5.41, 5.74) is 2.17. The van der Waals surface area contributed by atoms with Crippen molar-refractivity contribution in [3.8, 4) is 22.2 Å². The predicted molar refractivity (Wildman–Crippen MR) is 115 cm³/mol. The van der Waals surface area contributed by atoms with Gasteiger partial charge in [-0.3, -0.25) is 0 Å². The first-order valence-electron chi connectivity index (χ1n) is 8.82. The molecule has 0 bridgehead atoms. The van der Waals surface area contributed by atoms with Crippen molar-refractivity contribution in [1.82, 2.24) is 15.0 Å². The van der Waals surface area contributed by atoms with Crippen molar-refractivity contribution in [3.05, 3.63) is 71.9 Å². The van der Waals surface area contributed by atoms with Gasteiger partial charge in [-0.2, -0.15) is 4.98 Å². The number of benzene rings is 2. The molecule has 152 valence electrons. The van der Waals surface area contributed by atoms with Gasteiger partial charge in [0, 0.05) is 23.5 Å². The molecule has 10 heteroatoms. The average molecular weight is 440 g/mol. The number of aromatic nitrogens is 3. The third kappa shape index (κ3) is 4.62. The van der Waals surface area contributed by atoms with Crippen molar-refractivity contribution >= 4 is 33.0 Å². The minimum absolute atomic E-state index is 0.00690. The van der Waals surface area contributed by atoms with E-state index in [1.165, 1.54) is 23.5 Å². The van der Waals surface area contributed by atoms with Crippen LogP contribution in [0.15, 0.2) is 71.8 Å². The molecule has 0 atom stereocenters.